The number of halogens is 1. The van der Waals surface area contributed by atoms with Gasteiger partial charge in [0.25, 0.3) is 5.91 Å². The maximum absolute atomic E-state index is 12.4. The molecule has 1 aromatic rings. The van der Waals surface area contributed by atoms with Crippen LogP contribution in [0.5, 0.6) is 5.75 Å². The number of benzene rings is 1. The lowest BCUT2D eigenvalue weighted by Gasteiger charge is -2.36. The van der Waals surface area contributed by atoms with E-state index in [-0.39, 0.29) is 18.6 Å². The highest BCUT2D eigenvalue weighted by molar-refractivity contribution is 9.10. The van der Waals surface area contributed by atoms with Crippen molar-refractivity contribution in [1.82, 2.24) is 4.90 Å². The number of nitrogens with zero attached hydrogens (tertiary/aromatic N) is 1. The van der Waals surface area contributed by atoms with Crippen LogP contribution in [-0.2, 0) is 14.3 Å². The number of morpholine rings is 1. The summed E-state index contributed by atoms with van der Waals surface area (Å²) in [4.78, 5) is 25.0. The minimum Gasteiger partial charge on any atom is -0.481 e. The van der Waals surface area contributed by atoms with Gasteiger partial charge in [-0.2, -0.15) is 0 Å². The van der Waals surface area contributed by atoms with E-state index in [1.54, 1.807) is 26.0 Å². The number of carboxylic acids is 1. The van der Waals surface area contributed by atoms with Gasteiger partial charge in [0.1, 0.15) is 5.75 Å². The third kappa shape index (κ3) is 4.20. The lowest BCUT2D eigenvalue weighted by atomic mass is 10.2. The first kappa shape index (κ1) is 16.8. The molecule has 1 saturated heterocycles. The Morgan fingerprint density at radius 3 is 2.59 bits per heavy atom. The van der Waals surface area contributed by atoms with E-state index in [2.05, 4.69) is 15.9 Å². The van der Waals surface area contributed by atoms with Crippen LogP contribution in [0.25, 0.3) is 0 Å². The molecule has 0 radical (unpaired) electrons. The number of hydrogen-bond donors (Lipinski definition) is 1. The van der Waals surface area contributed by atoms with Crippen LogP contribution in [0.15, 0.2) is 28.7 Å². The second-order valence-corrected chi connectivity index (χ2v) is 6.15. The van der Waals surface area contributed by atoms with E-state index in [0.717, 1.165) is 4.47 Å². The largest absolute Gasteiger partial charge is 0.481 e. The summed E-state index contributed by atoms with van der Waals surface area (Å²) in [6, 6.07) is 7.17. The number of rotatable bonds is 4. The zero-order valence-electron chi connectivity index (χ0n) is 12.4. The van der Waals surface area contributed by atoms with Crippen LogP contribution >= 0.6 is 15.9 Å². The van der Waals surface area contributed by atoms with Gasteiger partial charge in [-0.3, -0.25) is 4.79 Å². The smallest absolute Gasteiger partial charge is 0.334 e. The minimum absolute atomic E-state index is 0.0343. The summed E-state index contributed by atoms with van der Waals surface area (Å²) >= 11 is 3.33. The second kappa shape index (κ2) is 7.11. The van der Waals surface area contributed by atoms with Crippen molar-refractivity contribution in [2.45, 2.75) is 32.2 Å². The van der Waals surface area contributed by atoms with Crippen molar-refractivity contribution in [3.8, 4) is 5.75 Å². The molecule has 1 N–H and O–H groups in total. The van der Waals surface area contributed by atoms with Gasteiger partial charge in [-0.25, -0.2) is 4.79 Å². The van der Waals surface area contributed by atoms with E-state index in [1.165, 1.54) is 4.90 Å². The molecule has 1 fully saturated rings. The summed E-state index contributed by atoms with van der Waals surface area (Å²) in [6.45, 7) is 3.79. The molecule has 6 nitrogen and oxygen atoms in total. The van der Waals surface area contributed by atoms with Crippen LogP contribution < -0.4 is 4.74 Å². The quantitative estimate of drug-likeness (QED) is 0.874. The molecule has 1 aliphatic rings. The summed E-state index contributed by atoms with van der Waals surface area (Å²) in [6.07, 6.45) is -2.01. The van der Waals surface area contributed by atoms with Gasteiger partial charge in [0.05, 0.1) is 12.6 Å². The van der Waals surface area contributed by atoms with Gasteiger partial charge in [0.15, 0.2) is 12.2 Å². The van der Waals surface area contributed by atoms with Crippen LogP contribution in [0.1, 0.15) is 13.8 Å². The number of aliphatic carboxylic acids is 1. The molecule has 2 unspecified atom stereocenters. The van der Waals surface area contributed by atoms with Gasteiger partial charge < -0.3 is 19.5 Å². The molecule has 1 amide bonds. The van der Waals surface area contributed by atoms with Crippen molar-refractivity contribution >= 4 is 27.8 Å². The Hall–Kier alpha value is -1.60. The van der Waals surface area contributed by atoms with E-state index in [4.69, 9.17) is 14.6 Å². The highest BCUT2D eigenvalue weighted by Gasteiger charge is 2.34. The average Bonchev–Trinajstić information content (AvgIpc) is 2.48. The first-order valence-corrected chi connectivity index (χ1v) is 7.75. The fourth-order valence-corrected chi connectivity index (χ4v) is 2.56. The highest BCUT2D eigenvalue weighted by Crippen LogP contribution is 2.19. The van der Waals surface area contributed by atoms with Crippen molar-refractivity contribution in [2.24, 2.45) is 0 Å². The van der Waals surface area contributed by atoms with Gasteiger partial charge in [0, 0.05) is 11.0 Å². The summed E-state index contributed by atoms with van der Waals surface area (Å²) in [5.74, 6) is -0.727. The Kier molecular flexibility index (Phi) is 5.42. The Morgan fingerprint density at radius 1 is 1.36 bits per heavy atom. The molecular weight excluding hydrogens is 354 g/mol. The molecule has 22 heavy (non-hydrogen) atoms. The predicted molar refractivity (Wildman–Crippen MR) is 82.8 cm³/mol. The molecule has 7 heteroatoms. The SMILES string of the molecule is CC(Oc1ccc(Br)cc1)C(=O)N1CC(C(=O)O)O[C@H](C)C1. The van der Waals surface area contributed by atoms with Crippen LogP contribution in [0.3, 0.4) is 0 Å². The highest BCUT2D eigenvalue weighted by atomic mass is 79.9. The molecule has 1 aliphatic heterocycles. The molecule has 3 atom stereocenters. The first-order chi connectivity index (χ1) is 10.4. The monoisotopic (exact) mass is 371 g/mol. The third-order valence-corrected chi connectivity index (χ3v) is 3.85. The normalized spacial score (nSPS) is 23.0. The van der Waals surface area contributed by atoms with E-state index in [0.29, 0.717) is 12.3 Å². The molecule has 0 saturated carbocycles. The molecule has 120 valence electrons. The maximum atomic E-state index is 12.4. The Balaban J connectivity index is 2.00. The summed E-state index contributed by atoms with van der Waals surface area (Å²) < 4.78 is 11.8. The summed E-state index contributed by atoms with van der Waals surface area (Å²) in [5.41, 5.74) is 0. The van der Waals surface area contributed by atoms with Gasteiger partial charge in [0.2, 0.25) is 0 Å². The zero-order valence-corrected chi connectivity index (χ0v) is 13.9. The zero-order chi connectivity index (χ0) is 16.3. The van der Waals surface area contributed by atoms with E-state index in [9.17, 15) is 9.59 Å². The van der Waals surface area contributed by atoms with Crippen molar-refractivity contribution in [1.29, 1.82) is 0 Å². The van der Waals surface area contributed by atoms with Gasteiger partial charge in [-0.1, -0.05) is 15.9 Å². The Morgan fingerprint density at radius 2 is 2.00 bits per heavy atom. The number of carboxylic acid groups (broad SMARTS) is 1. The van der Waals surface area contributed by atoms with E-state index >= 15 is 0 Å². The average molecular weight is 372 g/mol. The van der Waals surface area contributed by atoms with E-state index < -0.39 is 18.2 Å². The molecular formula is C15H18BrNO5. The Labute approximate surface area is 137 Å². The summed E-state index contributed by atoms with van der Waals surface area (Å²) in [7, 11) is 0. The van der Waals surface area contributed by atoms with Crippen LogP contribution in [0.2, 0.25) is 0 Å². The molecule has 0 bridgehead atoms. The Bertz CT molecular complexity index is 547. The van der Waals surface area contributed by atoms with E-state index in [1.807, 2.05) is 12.1 Å². The molecule has 1 heterocycles. The second-order valence-electron chi connectivity index (χ2n) is 5.23. The lowest BCUT2D eigenvalue weighted by Crippen LogP contribution is -2.54. The molecule has 0 aliphatic carbocycles. The molecule has 0 aromatic heterocycles. The number of carbonyl (C=O) groups excluding carboxylic acids is 1. The predicted octanol–water partition coefficient (Wildman–Crippen LogP) is 1.92. The van der Waals surface area contributed by atoms with Crippen molar-refractivity contribution in [3.05, 3.63) is 28.7 Å². The lowest BCUT2D eigenvalue weighted by molar-refractivity contribution is -0.168. The van der Waals surface area contributed by atoms with Crippen molar-refractivity contribution in [3.63, 3.8) is 0 Å². The van der Waals surface area contributed by atoms with Crippen LogP contribution in [0, 0.1) is 0 Å². The van der Waals surface area contributed by atoms with Gasteiger partial charge in [-0.15, -0.1) is 0 Å². The number of amides is 1. The topological polar surface area (TPSA) is 76.1 Å². The fraction of sp³-hybridized carbons (Fsp3) is 0.467. The van der Waals surface area contributed by atoms with Crippen molar-refractivity contribution in [2.75, 3.05) is 13.1 Å². The van der Waals surface area contributed by atoms with Gasteiger partial charge in [-0.05, 0) is 38.1 Å². The van der Waals surface area contributed by atoms with Crippen molar-refractivity contribution < 1.29 is 24.2 Å². The van der Waals surface area contributed by atoms with Crippen LogP contribution in [0.4, 0.5) is 0 Å². The maximum Gasteiger partial charge on any atom is 0.334 e. The standard InChI is InChI=1S/C15H18BrNO5/c1-9-7-17(8-13(21-9)15(19)20)14(18)10(2)22-12-5-3-11(16)4-6-12/h3-6,9-10,13H,7-8H2,1-2H3,(H,19,20)/t9-,10?,13?/m1/s1. The third-order valence-electron chi connectivity index (χ3n) is 3.32. The minimum atomic E-state index is -1.06. The number of hydrogen-bond acceptors (Lipinski definition) is 4. The number of ether oxygens (including phenoxy) is 2. The molecule has 1 aromatic carbocycles. The molecule has 2 rings (SSSR count). The fourth-order valence-electron chi connectivity index (χ4n) is 2.29. The van der Waals surface area contributed by atoms with Crippen LogP contribution in [-0.4, -0.2) is 53.3 Å². The first-order valence-electron chi connectivity index (χ1n) is 6.96. The van der Waals surface area contributed by atoms with Gasteiger partial charge >= 0.3 is 5.97 Å². The molecule has 0 spiro atoms. The number of carbonyl (C=O) groups is 2. The summed E-state index contributed by atoms with van der Waals surface area (Å²) in [5, 5.41) is 9.06.